The Morgan fingerprint density at radius 3 is 1.52 bits per heavy atom. The second kappa shape index (κ2) is 11.1. The van der Waals surface area contributed by atoms with Crippen molar-refractivity contribution in [3.8, 4) is 0 Å². The van der Waals surface area contributed by atoms with Gasteiger partial charge in [0.25, 0.3) is 0 Å². The lowest BCUT2D eigenvalue weighted by molar-refractivity contribution is -0.173. The van der Waals surface area contributed by atoms with Crippen molar-refractivity contribution in [2.24, 2.45) is 0 Å². The molecule has 0 bridgehead atoms. The lowest BCUT2D eigenvalue weighted by Gasteiger charge is -2.23. The van der Waals surface area contributed by atoms with Crippen LogP contribution < -0.4 is 5.32 Å². The maximum absolute atomic E-state index is 13.1. The summed E-state index contributed by atoms with van der Waals surface area (Å²) >= 11 is 0. The van der Waals surface area contributed by atoms with Gasteiger partial charge in [-0.05, 0) is 31.5 Å². The number of rotatable bonds is 10. The first-order valence-electron chi connectivity index (χ1n) is 7.14. The fourth-order valence-corrected chi connectivity index (χ4v) is 2.12. The maximum atomic E-state index is 13.1. The monoisotopic (exact) mass is 411 g/mol. The molecule has 154 valence electrons. The van der Waals surface area contributed by atoms with Crippen LogP contribution in [-0.2, 0) is 14.5 Å². The zero-order valence-electron chi connectivity index (χ0n) is 13.6. The Kier molecular flexibility index (Phi) is 11.8. The van der Waals surface area contributed by atoms with Gasteiger partial charge in [-0.3, -0.25) is 0 Å². The van der Waals surface area contributed by atoms with Crippen molar-refractivity contribution in [3.63, 3.8) is 0 Å². The van der Waals surface area contributed by atoms with E-state index >= 15 is 0 Å². The normalized spacial score (nSPS) is 13.4. The molecule has 0 aromatic rings. The average molecular weight is 411 g/mol. The predicted octanol–water partition coefficient (Wildman–Crippen LogP) is 4.57. The third-order valence-corrected chi connectivity index (χ3v) is 3.87. The Morgan fingerprint density at radius 1 is 0.800 bits per heavy atom. The van der Waals surface area contributed by atoms with Crippen LogP contribution in [0.15, 0.2) is 0 Å². The number of hydrogen-bond donors (Lipinski definition) is 1. The highest BCUT2D eigenvalue weighted by Crippen LogP contribution is 2.43. The lowest BCUT2D eigenvalue weighted by atomic mass is 10.1. The molecule has 1 N–H and O–H groups in total. The van der Waals surface area contributed by atoms with E-state index < -0.39 is 46.7 Å². The van der Waals surface area contributed by atoms with Crippen molar-refractivity contribution in [2.75, 3.05) is 14.1 Å². The Balaban J connectivity index is 0. The average Bonchev–Trinajstić information content (AvgIpc) is 2.45. The second-order valence-electron chi connectivity index (χ2n) is 5.12. The van der Waals surface area contributed by atoms with E-state index in [4.69, 9.17) is 0 Å². The van der Waals surface area contributed by atoms with E-state index in [-0.39, 0.29) is 25.7 Å². The van der Waals surface area contributed by atoms with Crippen LogP contribution in [0.5, 0.6) is 0 Å². The van der Waals surface area contributed by atoms with Gasteiger partial charge in [-0.1, -0.05) is 23.7 Å². The van der Waals surface area contributed by atoms with E-state index in [1.807, 2.05) is 18.5 Å². The van der Waals surface area contributed by atoms with Crippen LogP contribution in [0.2, 0.25) is 0 Å². The van der Waals surface area contributed by atoms with Gasteiger partial charge in [-0.2, -0.15) is 39.2 Å². The standard InChI is InChI=1S/C10H14F8O3S.C2H7N/c11-8(12,10(16,17)22(19,20)21-18)6-4-2-1-3-5-7-9(13,14)15;1-3-2/h1-7H2;3H,1-2H3. The van der Waals surface area contributed by atoms with Gasteiger partial charge in [0.15, 0.2) is 0 Å². The molecule has 0 saturated heterocycles. The molecule has 0 unspecified atom stereocenters. The first-order valence-corrected chi connectivity index (χ1v) is 8.55. The van der Waals surface area contributed by atoms with E-state index in [0.29, 0.717) is 0 Å². The molecule has 13 heteroatoms. The minimum atomic E-state index is -6.40. The zero-order valence-corrected chi connectivity index (χ0v) is 14.4. The molecule has 4 nitrogen and oxygen atoms in total. The molecule has 0 amide bonds. The van der Waals surface area contributed by atoms with Crippen molar-refractivity contribution in [3.05, 3.63) is 0 Å². The minimum Gasteiger partial charge on any atom is -0.323 e. The van der Waals surface area contributed by atoms with Gasteiger partial charge in [0.2, 0.25) is 0 Å². The van der Waals surface area contributed by atoms with E-state index in [2.05, 4.69) is 5.32 Å². The van der Waals surface area contributed by atoms with Crippen LogP contribution in [-0.4, -0.2) is 39.9 Å². The summed E-state index contributed by atoms with van der Waals surface area (Å²) in [6.07, 6.45) is -7.65. The highest BCUT2D eigenvalue weighted by atomic mass is 32.2. The molecule has 0 aliphatic carbocycles. The largest absolute Gasteiger partial charge is 0.434 e. The quantitative estimate of drug-likeness (QED) is 0.423. The summed E-state index contributed by atoms with van der Waals surface area (Å²) in [5.74, 6) is -5.05. The molecular formula is C12H21F8NO3S. The number of unbranched alkanes of at least 4 members (excludes halogenated alkanes) is 4. The molecule has 0 fully saturated rings. The Hall–Kier alpha value is -0.690. The Labute approximate surface area is 140 Å². The van der Waals surface area contributed by atoms with E-state index in [1.54, 1.807) is 0 Å². The highest BCUT2D eigenvalue weighted by molar-refractivity contribution is 7.87. The van der Waals surface area contributed by atoms with Crippen molar-refractivity contribution < 1.29 is 48.1 Å². The van der Waals surface area contributed by atoms with Gasteiger partial charge in [0.05, 0.1) is 0 Å². The van der Waals surface area contributed by atoms with Crippen molar-refractivity contribution in [1.82, 2.24) is 5.32 Å². The third kappa shape index (κ3) is 10.1. The Morgan fingerprint density at radius 2 is 1.16 bits per heavy atom. The minimum absolute atomic E-state index is 0.0629. The molecule has 0 saturated carbocycles. The van der Waals surface area contributed by atoms with E-state index in [9.17, 15) is 43.7 Å². The predicted molar refractivity (Wildman–Crippen MR) is 74.4 cm³/mol. The van der Waals surface area contributed by atoms with Gasteiger partial charge in [0, 0.05) is 12.8 Å². The summed E-state index contributed by atoms with van der Waals surface area (Å²) in [5.41, 5.74) is 0. The molecule has 0 heterocycles. The number of hydrogen-bond acceptors (Lipinski definition) is 4. The molecule has 0 aromatic heterocycles. The molecule has 0 aliphatic rings. The van der Waals surface area contributed by atoms with E-state index in [0.717, 1.165) is 0 Å². The summed E-state index contributed by atoms with van der Waals surface area (Å²) in [6, 6.07) is 0. The highest BCUT2D eigenvalue weighted by Gasteiger charge is 2.66. The zero-order chi connectivity index (χ0) is 20.4. The van der Waals surface area contributed by atoms with E-state index in [1.165, 1.54) is 0 Å². The molecule has 25 heavy (non-hydrogen) atoms. The molecule has 0 radical (unpaired) electrons. The van der Waals surface area contributed by atoms with Crippen molar-refractivity contribution >= 4 is 10.1 Å². The molecular weight excluding hydrogens is 390 g/mol. The van der Waals surface area contributed by atoms with Crippen LogP contribution in [0.25, 0.3) is 0 Å². The number of nitrogens with one attached hydrogen (secondary N) is 1. The summed E-state index contributed by atoms with van der Waals surface area (Å²) in [6.45, 7) is 0. The maximum Gasteiger partial charge on any atom is 0.434 e. The van der Waals surface area contributed by atoms with Crippen LogP contribution in [0.4, 0.5) is 35.3 Å². The van der Waals surface area contributed by atoms with Crippen molar-refractivity contribution in [1.29, 1.82) is 0 Å². The van der Waals surface area contributed by atoms with Gasteiger partial charge in [-0.25, -0.2) is 0 Å². The smallest absolute Gasteiger partial charge is 0.323 e. The molecule has 0 rings (SSSR count). The fourth-order valence-electron chi connectivity index (χ4n) is 1.57. The van der Waals surface area contributed by atoms with Gasteiger partial charge in [0.1, 0.15) is 0 Å². The number of halogens is 8. The Bertz CT molecular complexity index is 454. The van der Waals surface area contributed by atoms with Gasteiger partial charge >= 0.3 is 27.5 Å². The summed E-state index contributed by atoms with van der Waals surface area (Å²) in [7, 11) is -2.65. The molecule has 0 aliphatic heterocycles. The fraction of sp³-hybridized carbons (Fsp3) is 1.00. The van der Waals surface area contributed by atoms with Gasteiger partial charge in [-0.15, -0.1) is 0 Å². The first-order chi connectivity index (χ1) is 11.2. The van der Waals surface area contributed by atoms with Crippen LogP contribution in [0.3, 0.4) is 0 Å². The van der Waals surface area contributed by atoms with Crippen LogP contribution >= 0.6 is 0 Å². The first kappa shape index (κ1) is 26.5. The molecule has 0 spiro atoms. The molecule has 0 atom stereocenters. The summed E-state index contributed by atoms with van der Waals surface area (Å²) in [4.78, 5) is 0. The van der Waals surface area contributed by atoms with Crippen molar-refractivity contribution in [2.45, 2.75) is 62.3 Å². The number of alkyl halides is 7. The van der Waals surface area contributed by atoms with Crippen LogP contribution in [0, 0.1) is 0 Å². The van der Waals surface area contributed by atoms with Gasteiger partial charge < -0.3 is 5.32 Å². The third-order valence-electron chi connectivity index (χ3n) is 2.77. The lowest BCUT2D eigenvalue weighted by Crippen LogP contribution is -2.47. The SMILES string of the molecule is CNC.O=S(=O)(OF)C(F)(F)C(F)(F)CCCCCCCC(F)(F)F. The topological polar surface area (TPSA) is 55.4 Å². The summed E-state index contributed by atoms with van der Waals surface area (Å²) in [5, 5.41) is -2.98. The van der Waals surface area contributed by atoms with Crippen LogP contribution in [0.1, 0.15) is 44.9 Å². The molecule has 0 aromatic carbocycles. The summed E-state index contributed by atoms with van der Waals surface area (Å²) < 4.78 is 122. The second-order valence-corrected chi connectivity index (χ2v) is 6.67.